The van der Waals surface area contributed by atoms with Crippen LogP contribution in [0.25, 0.3) is 0 Å². The summed E-state index contributed by atoms with van der Waals surface area (Å²) in [4.78, 5) is 2.31. The molecule has 0 aliphatic carbocycles. The molecular formula is C13H24N4O. The summed E-state index contributed by atoms with van der Waals surface area (Å²) in [6.07, 6.45) is 4.58. The molecule has 0 radical (unpaired) electrons. The van der Waals surface area contributed by atoms with E-state index in [9.17, 15) is 5.11 Å². The largest absolute Gasteiger partial charge is 0.395 e. The van der Waals surface area contributed by atoms with E-state index in [4.69, 9.17) is 0 Å². The van der Waals surface area contributed by atoms with Crippen molar-refractivity contribution in [3.8, 4) is 0 Å². The molecule has 1 atom stereocenters. The minimum absolute atomic E-state index is 0.214. The predicted molar refractivity (Wildman–Crippen MR) is 71.3 cm³/mol. The second-order valence-electron chi connectivity index (χ2n) is 5.17. The predicted octanol–water partition coefficient (Wildman–Crippen LogP) is 0.275. The molecule has 0 aromatic carbocycles. The molecule has 1 aromatic heterocycles. The second-order valence-corrected chi connectivity index (χ2v) is 5.17. The molecule has 2 heterocycles. The Kier molecular flexibility index (Phi) is 4.74. The van der Waals surface area contributed by atoms with Crippen molar-refractivity contribution >= 4 is 0 Å². The highest BCUT2D eigenvalue weighted by atomic mass is 16.3. The van der Waals surface area contributed by atoms with Crippen molar-refractivity contribution in [2.24, 2.45) is 7.05 Å². The molecular weight excluding hydrogens is 228 g/mol. The van der Waals surface area contributed by atoms with Gasteiger partial charge in [-0.2, -0.15) is 5.10 Å². The van der Waals surface area contributed by atoms with Crippen LogP contribution in [0.2, 0.25) is 0 Å². The van der Waals surface area contributed by atoms with Crippen molar-refractivity contribution in [2.75, 3.05) is 26.2 Å². The molecule has 1 aliphatic heterocycles. The zero-order valence-electron chi connectivity index (χ0n) is 11.4. The number of hydrogen-bond donors (Lipinski definition) is 2. The minimum atomic E-state index is 0.214. The molecule has 1 aromatic rings. The molecule has 1 fully saturated rings. The van der Waals surface area contributed by atoms with Gasteiger partial charge in [-0.05, 0) is 26.3 Å². The van der Waals surface area contributed by atoms with E-state index in [1.807, 2.05) is 18.7 Å². The fourth-order valence-corrected chi connectivity index (χ4v) is 2.65. The Hall–Kier alpha value is -0.910. The first-order valence-electron chi connectivity index (χ1n) is 6.74. The Labute approximate surface area is 109 Å². The van der Waals surface area contributed by atoms with Crippen LogP contribution < -0.4 is 5.32 Å². The Morgan fingerprint density at radius 3 is 3.00 bits per heavy atom. The van der Waals surface area contributed by atoms with Gasteiger partial charge >= 0.3 is 0 Å². The fourth-order valence-electron chi connectivity index (χ4n) is 2.65. The standard InChI is InChI=1S/C13H24N4O/c1-11-12(8-16(2)15-11)9-17(6-7-18)10-13-4-3-5-14-13/h8,13-14,18H,3-7,9-10H2,1-2H3. The van der Waals surface area contributed by atoms with Crippen molar-refractivity contribution in [2.45, 2.75) is 32.4 Å². The molecule has 0 spiro atoms. The summed E-state index contributed by atoms with van der Waals surface area (Å²) in [5.74, 6) is 0. The molecule has 1 saturated heterocycles. The van der Waals surface area contributed by atoms with Gasteiger partial charge in [0.05, 0.1) is 12.3 Å². The minimum Gasteiger partial charge on any atom is -0.395 e. The Morgan fingerprint density at radius 2 is 2.44 bits per heavy atom. The zero-order valence-corrected chi connectivity index (χ0v) is 11.4. The van der Waals surface area contributed by atoms with E-state index in [-0.39, 0.29) is 6.61 Å². The quantitative estimate of drug-likeness (QED) is 0.763. The summed E-state index contributed by atoms with van der Waals surface area (Å²) in [5, 5.41) is 17.1. The van der Waals surface area contributed by atoms with Gasteiger partial charge in [0.15, 0.2) is 0 Å². The van der Waals surface area contributed by atoms with Gasteiger partial charge in [-0.15, -0.1) is 0 Å². The Morgan fingerprint density at radius 1 is 1.61 bits per heavy atom. The number of aliphatic hydroxyl groups excluding tert-OH is 1. The summed E-state index contributed by atoms with van der Waals surface area (Å²) in [5.41, 5.74) is 2.34. The van der Waals surface area contributed by atoms with Gasteiger partial charge in [0.25, 0.3) is 0 Å². The maximum atomic E-state index is 9.18. The van der Waals surface area contributed by atoms with Crippen LogP contribution in [-0.2, 0) is 13.6 Å². The zero-order chi connectivity index (χ0) is 13.0. The molecule has 102 valence electrons. The number of nitrogens with zero attached hydrogens (tertiary/aromatic N) is 3. The third kappa shape index (κ3) is 3.54. The monoisotopic (exact) mass is 252 g/mol. The molecule has 2 rings (SSSR count). The number of aliphatic hydroxyl groups is 1. The van der Waals surface area contributed by atoms with Crippen LogP contribution in [-0.4, -0.2) is 52.1 Å². The molecule has 5 nitrogen and oxygen atoms in total. The van der Waals surface area contributed by atoms with Crippen LogP contribution in [0.5, 0.6) is 0 Å². The molecule has 18 heavy (non-hydrogen) atoms. The summed E-state index contributed by atoms with van der Waals surface area (Å²) >= 11 is 0. The topological polar surface area (TPSA) is 53.3 Å². The summed E-state index contributed by atoms with van der Waals surface area (Å²) in [6, 6.07) is 0.577. The van der Waals surface area contributed by atoms with Crippen LogP contribution >= 0.6 is 0 Å². The molecule has 1 unspecified atom stereocenters. The summed E-state index contributed by atoms with van der Waals surface area (Å²) in [6.45, 7) is 6.00. The Bertz CT molecular complexity index is 371. The second kappa shape index (κ2) is 6.31. The summed E-state index contributed by atoms with van der Waals surface area (Å²) < 4.78 is 1.86. The fraction of sp³-hybridized carbons (Fsp3) is 0.769. The van der Waals surface area contributed by atoms with E-state index in [0.29, 0.717) is 6.04 Å². The molecule has 0 saturated carbocycles. The van der Waals surface area contributed by atoms with E-state index in [1.165, 1.54) is 18.4 Å². The number of aromatic nitrogens is 2. The van der Waals surface area contributed by atoms with Gasteiger partial charge in [-0.3, -0.25) is 9.58 Å². The van der Waals surface area contributed by atoms with Gasteiger partial charge < -0.3 is 10.4 Å². The van der Waals surface area contributed by atoms with Gasteiger partial charge in [-0.1, -0.05) is 0 Å². The molecule has 0 amide bonds. The highest BCUT2D eigenvalue weighted by Crippen LogP contribution is 2.12. The van der Waals surface area contributed by atoms with Crippen molar-refractivity contribution in [3.63, 3.8) is 0 Å². The average molecular weight is 252 g/mol. The van der Waals surface area contributed by atoms with Crippen LogP contribution in [0, 0.1) is 6.92 Å². The van der Waals surface area contributed by atoms with Gasteiger partial charge in [-0.25, -0.2) is 0 Å². The smallest absolute Gasteiger partial charge is 0.0638 e. The first-order chi connectivity index (χ1) is 8.69. The van der Waals surface area contributed by atoms with Crippen molar-refractivity contribution in [1.82, 2.24) is 20.0 Å². The van der Waals surface area contributed by atoms with Crippen molar-refractivity contribution in [1.29, 1.82) is 0 Å². The lowest BCUT2D eigenvalue weighted by atomic mass is 10.2. The lowest BCUT2D eigenvalue weighted by Gasteiger charge is -2.24. The highest BCUT2D eigenvalue weighted by molar-refractivity contribution is 5.15. The van der Waals surface area contributed by atoms with E-state index >= 15 is 0 Å². The number of rotatable bonds is 6. The summed E-state index contributed by atoms with van der Waals surface area (Å²) in [7, 11) is 1.95. The third-order valence-corrected chi connectivity index (χ3v) is 3.57. The van der Waals surface area contributed by atoms with E-state index in [0.717, 1.165) is 31.9 Å². The van der Waals surface area contributed by atoms with Crippen LogP contribution in [0.15, 0.2) is 6.20 Å². The lowest BCUT2D eigenvalue weighted by Crippen LogP contribution is -2.38. The average Bonchev–Trinajstić information content (AvgIpc) is 2.90. The maximum Gasteiger partial charge on any atom is 0.0638 e. The van der Waals surface area contributed by atoms with E-state index < -0.39 is 0 Å². The molecule has 2 N–H and O–H groups in total. The van der Waals surface area contributed by atoms with Crippen molar-refractivity contribution in [3.05, 3.63) is 17.5 Å². The first-order valence-corrected chi connectivity index (χ1v) is 6.74. The molecule has 5 heteroatoms. The highest BCUT2D eigenvalue weighted by Gasteiger charge is 2.18. The van der Waals surface area contributed by atoms with Gasteiger partial charge in [0, 0.05) is 44.5 Å². The first kappa shape index (κ1) is 13.5. The maximum absolute atomic E-state index is 9.18. The third-order valence-electron chi connectivity index (χ3n) is 3.57. The van der Waals surface area contributed by atoms with E-state index in [2.05, 4.69) is 21.5 Å². The lowest BCUT2D eigenvalue weighted by molar-refractivity contribution is 0.179. The van der Waals surface area contributed by atoms with Crippen LogP contribution in [0.4, 0.5) is 0 Å². The Balaban J connectivity index is 1.94. The van der Waals surface area contributed by atoms with Gasteiger partial charge in [0.2, 0.25) is 0 Å². The van der Waals surface area contributed by atoms with E-state index in [1.54, 1.807) is 0 Å². The molecule has 1 aliphatic rings. The SMILES string of the molecule is Cc1nn(C)cc1CN(CCO)CC1CCCN1. The van der Waals surface area contributed by atoms with Crippen LogP contribution in [0.3, 0.4) is 0 Å². The van der Waals surface area contributed by atoms with Crippen molar-refractivity contribution < 1.29 is 5.11 Å². The van der Waals surface area contributed by atoms with Crippen LogP contribution in [0.1, 0.15) is 24.1 Å². The number of aryl methyl sites for hydroxylation is 2. The number of nitrogens with one attached hydrogen (secondary N) is 1. The normalized spacial score (nSPS) is 19.9. The number of hydrogen-bond acceptors (Lipinski definition) is 4. The van der Waals surface area contributed by atoms with Gasteiger partial charge in [0.1, 0.15) is 0 Å². The molecule has 0 bridgehead atoms.